The van der Waals surface area contributed by atoms with Crippen molar-refractivity contribution in [2.24, 2.45) is 0 Å². The number of pyridine rings is 1. The smallest absolute Gasteiger partial charge is 0.354 e. The first-order valence-corrected chi connectivity index (χ1v) is 6.68. The number of carbonyl (C=O) groups is 1. The van der Waals surface area contributed by atoms with Crippen LogP contribution in [0.15, 0.2) is 42.5 Å². The van der Waals surface area contributed by atoms with Crippen LogP contribution in [0.3, 0.4) is 0 Å². The van der Waals surface area contributed by atoms with Gasteiger partial charge >= 0.3 is 5.97 Å². The van der Waals surface area contributed by atoms with E-state index in [4.69, 9.17) is 5.11 Å². The summed E-state index contributed by atoms with van der Waals surface area (Å²) in [5.41, 5.74) is 3.46. The van der Waals surface area contributed by atoms with Gasteiger partial charge in [0, 0.05) is 18.2 Å². The average Bonchev–Trinajstić information content (AvgIpc) is 2.76. The van der Waals surface area contributed by atoms with Crippen molar-refractivity contribution >= 4 is 11.7 Å². The molecule has 0 spiro atoms. The normalized spacial score (nSPS) is 17.1. The van der Waals surface area contributed by atoms with Crippen LogP contribution in [0.2, 0.25) is 0 Å². The first-order valence-electron chi connectivity index (χ1n) is 6.68. The van der Waals surface area contributed by atoms with E-state index in [0.717, 1.165) is 12.2 Å². The third-order valence-electron chi connectivity index (χ3n) is 3.68. The molecule has 1 N–H and O–H groups in total. The molecule has 3 rings (SSSR count). The second kappa shape index (κ2) is 4.96. The monoisotopic (exact) mass is 268 g/mol. The lowest BCUT2D eigenvalue weighted by Gasteiger charge is -2.19. The van der Waals surface area contributed by atoms with E-state index in [2.05, 4.69) is 35.0 Å². The van der Waals surface area contributed by atoms with E-state index in [9.17, 15) is 4.79 Å². The maximum Gasteiger partial charge on any atom is 0.354 e. The number of hydrogen-bond acceptors (Lipinski definition) is 3. The molecule has 0 radical (unpaired) electrons. The van der Waals surface area contributed by atoms with E-state index >= 15 is 0 Å². The van der Waals surface area contributed by atoms with Gasteiger partial charge < -0.3 is 10.0 Å². The molecule has 0 aliphatic carbocycles. The Morgan fingerprint density at radius 3 is 2.90 bits per heavy atom. The van der Waals surface area contributed by atoms with Gasteiger partial charge in [0.2, 0.25) is 0 Å². The van der Waals surface area contributed by atoms with Gasteiger partial charge in [-0.3, -0.25) is 0 Å². The van der Waals surface area contributed by atoms with Crippen LogP contribution >= 0.6 is 0 Å². The summed E-state index contributed by atoms with van der Waals surface area (Å²) < 4.78 is 0. The van der Waals surface area contributed by atoms with Crippen molar-refractivity contribution in [3.63, 3.8) is 0 Å². The minimum absolute atomic E-state index is 0.100. The number of anilines is 1. The highest BCUT2D eigenvalue weighted by atomic mass is 16.4. The van der Waals surface area contributed by atoms with Gasteiger partial charge in [-0.05, 0) is 23.8 Å². The number of para-hydroxylation sites is 1. The lowest BCUT2D eigenvalue weighted by Crippen LogP contribution is -2.21. The number of carboxylic acids is 1. The summed E-state index contributed by atoms with van der Waals surface area (Å²) in [4.78, 5) is 17.4. The maximum atomic E-state index is 11.0. The molecule has 0 saturated carbocycles. The van der Waals surface area contributed by atoms with E-state index in [1.54, 1.807) is 6.07 Å². The largest absolute Gasteiger partial charge is 0.477 e. The highest BCUT2D eigenvalue weighted by Crippen LogP contribution is 2.36. The molecule has 20 heavy (non-hydrogen) atoms. The fraction of sp³-hybridized carbons (Fsp3) is 0.250. The Morgan fingerprint density at radius 1 is 1.30 bits per heavy atom. The van der Waals surface area contributed by atoms with Gasteiger partial charge in [0.1, 0.15) is 5.69 Å². The van der Waals surface area contributed by atoms with Crippen LogP contribution in [0.25, 0.3) is 0 Å². The Bertz CT molecular complexity index is 654. The molecule has 1 aliphatic heterocycles. The molecule has 1 aliphatic rings. The van der Waals surface area contributed by atoms with Gasteiger partial charge in [0.25, 0.3) is 0 Å². The molecule has 0 bridgehead atoms. The molecule has 102 valence electrons. The van der Waals surface area contributed by atoms with E-state index in [0.29, 0.717) is 12.5 Å². The molecule has 4 nitrogen and oxygen atoms in total. The average molecular weight is 268 g/mol. The molecule has 4 heteroatoms. The van der Waals surface area contributed by atoms with Gasteiger partial charge in [-0.1, -0.05) is 31.2 Å². The van der Waals surface area contributed by atoms with Crippen LogP contribution in [0.5, 0.6) is 0 Å². The van der Waals surface area contributed by atoms with Crippen LogP contribution in [0, 0.1) is 0 Å². The van der Waals surface area contributed by atoms with Crippen molar-refractivity contribution in [3.05, 3.63) is 59.4 Å². The summed E-state index contributed by atoms with van der Waals surface area (Å²) >= 11 is 0. The zero-order chi connectivity index (χ0) is 14.1. The first kappa shape index (κ1) is 12.7. The Kier molecular flexibility index (Phi) is 3.14. The molecular weight excluding hydrogens is 252 g/mol. The van der Waals surface area contributed by atoms with Crippen molar-refractivity contribution < 1.29 is 9.90 Å². The zero-order valence-corrected chi connectivity index (χ0v) is 11.3. The number of fused-ring (bicyclic) bond motifs is 1. The first-order chi connectivity index (χ1) is 9.65. The summed E-state index contributed by atoms with van der Waals surface area (Å²) in [6.45, 7) is 3.79. The highest BCUT2D eigenvalue weighted by molar-refractivity contribution is 5.85. The lowest BCUT2D eigenvalue weighted by atomic mass is 10.0. The summed E-state index contributed by atoms with van der Waals surface area (Å²) in [5, 5.41) is 8.99. The molecule has 2 aromatic rings. The number of nitrogens with zero attached hydrogens (tertiary/aromatic N) is 2. The van der Waals surface area contributed by atoms with Crippen LogP contribution in [-0.2, 0) is 6.54 Å². The van der Waals surface area contributed by atoms with E-state index in [1.165, 1.54) is 17.3 Å². The summed E-state index contributed by atoms with van der Waals surface area (Å²) in [7, 11) is 0. The summed E-state index contributed by atoms with van der Waals surface area (Å²) in [6, 6.07) is 13.5. The van der Waals surface area contributed by atoms with Crippen molar-refractivity contribution in [2.45, 2.75) is 19.4 Å². The third kappa shape index (κ3) is 2.25. The molecule has 0 fully saturated rings. The minimum Gasteiger partial charge on any atom is -0.477 e. The fourth-order valence-corrected chi connectivity index (χ4v) is 2.75. The Balaban J connectivity index is 1.86. The van der Waals surface area contributed by atoms with Gasteiger partial charge in [-0.15, -0.1) is 0 Å². The van der Waals surface area contributed by atoms with Crippen LogP contribution in [-0.4, -0.2) is 22.6 Å². The van der Waals surface area contributed by atoms with Crippen molar-refractivity contribution in [1.82, 2.24) is 4.98 Å². The molecule has 1 atom stereocenters. The second-order valence-electron chi connectivity index (χ2n) is 5.16. The van der Waals surface area contributed by atoms with E-state index in [1.807, 2.05) is 12.1 Å². The summed E-state index contributed by atoms with van der Waals surface area (Å²) in [6.07, 6.45) is 0. The molecule has 1 unspecified atom stereocenters. The van der Waals surface area contributed by atoms with Crippen molar-refractivity contribution in [3.8, 4) is 0 Å². The predicted molar refractivity (Wildman–Crippen MR) is 77.1 cm³/mol. The van der Waals surface area contributed by atoms with Crippen LogP contribution in [0.1, 0.15) is 34.6 Å². The van der Waals surface area contributed by atoms with Crippen LogP contribution < -0.4 is 4.90 Å². The Morgan fingerprint density at radius 2 is 2.10 bits per heavy atom. The number of aromatic nitrogens is 1. The van der Waals surface area contributed by atoms with Gasteiger partial charge in [-0.25, -0.2) is 9.78 Å². The molecule has 2 heterocycles. The zero-order valence-electron chi connectivity index (χ0n) is 11.3. The predicted octanol–water partition coefficient (Wildman–Crippen LogP) is 2.90. The van der Waals surface area contributed by atoms with Gasteiger partial charge in [0.15, 0.2) is 0 Å². The molecule has 0 saturated heterocycles. The van der Waals surface area contributed by atoms with Gasteiger partial charge in [0.05, 0.1) is 12.2 Å². The third-order valence-corrected chi connectivity index (χ3v) is 3.68. The standard InChI is InChI=1S/C16H16N2O2/c1-11-9-18(15-8-3-2-6-13(11)15)10-12-5-4-7-14(17-12)16(19)20/h2-8,11H,9-10H2,1H3,(H,19,20). The molecule has 1 aromatic heterocycles. The van der Waals surface area contributed by atoms with Gasteiger partial charge in [-0.2, -0.15) is 0 Å². The molecule has 0 amide bonds. The Hall–Kier alpha value is -2.36. The number of benzene rings is 1. The molecular formula is C16H16N2O2. The number of aromatic carboxylic acids is 1. The topological polar surface area (TPSA) is 53.4 Å². The number of carboxylic acid groups (broad SMARTS) is 1. The minimum atomic E-state index is -0.984. The number of rotatable bonds is 3. The summed E-state index contributed by atoms with van der Waals surface area (Å²) in [5.74, 6) is -0.490. The quantitative estimate of drug-likeness (QED) is 0.930. The van der Waals surface area contributed by atoms with Crippen LogP contribution in [0.4, 0.5) is 5.69 Å². The maximum absolute atomic E-state index is 11.0. The molecule has 1 aromatic carbocycles. The Labute approximate surface area is 117 Å². The highest BCUT2D eigenvalue weighted by Gasteiger charge is 2.25. The lowest BCUT2D eigenvalue weighted by molar-refractivity contribution is 0.0690. The van der Waals surface area contributed by atoms with E-state index in [-0.39, 0.29) is 5.69 Å². The second-order valence-corrected chi connectivity index (χ2v) is 5.16. The van der Waals surface area contributed by atoms with E-state index < -0.39 is 5.97 Å². The van der Waals surface area contributed by atoms with Crippen molar-refractivity contribution in [1.29, 1.82) is 0 Å². The SMILES string of the molecule is CC1CN(Cc2cccc(C(=O)O)n2)c2ccccc21. The van der Waals surface area contributed by atoms with Crippen molar-refractivity contribution in [2.75, 3.05) is 11.4 Å². The number of hydrogen-bond donors (Lipinski definition) is 1. The fourth-order valence-electron chi connectivity index (χ4n) is 2.75.